The van der Waals surface area contributed by atoms with Gasteiger partial charge < -0.3 is 19.8 Å². The van der Waals surface area contributed by atoms with Gasteiger partial charge in [0.25, 0.3) is 11.5 Å². The Labute approximate surface area is 134 Å². The van der Waals surface area contributed by atoms with E-state index in [0.29, 0.717) is 16.1 Å². The standard InChI is InChI=1S/C15H14N2O5S/c1-21-10-6-4-3-5-9(10)16-12(18)8-13-17-15(20)11(23-13)7-14(19)22-2/h3-8H,1-2H3,(H,16,18)(H,17,20)/b11-7-,13-8-. The number of ether oxygens (including phenoxy) is 2. The number of carbonyl (C=O) groups excluding carboxylic acids is 2. The first-order chi connectivity index (χ1) is 11.0. The highest BCUT2D eigenvalue weighted by Crippen LogP contribution is 2.22. The first-order valence-electron chi connectivity index (χ1n) is 6.48. The maximum atomic E-state index is 12.0. The molecule has 0 saturated carbocycles. The van der Waals surface area contributed by atoms with Gasteiger partial charge >= 0.3 is 5.97 Å². The molecule has 1 aromatic heterocycles. The Bertz CT molecular complexity index is 897. The number of carbonyl (C=O) groups is 2. The minimum atomic E-state index is -0.637. The molecule has 2 aromatic rings. The van der Waals surface area contributed by atoms with Gasteiger partial charge in [-0.25, -0.2) is 4.79 Å². The molecule has 0 fully saturated rings. The molecule has 7 nitrogen and oxygen atoms in total. The van der Waals surface area contributed by atoms with Gasteiger partial charge in [-0.15, -0.1) is 11.3 Å². The topological polar surface area (TPSA) is 97.5 Å². The van der Waals surface area contributed by atoms with Crippen molar-refractivity contribution in [1.82, 2.24) is 4.98 Å². The third kappa shape index (κ3) is 4.30. The lowest BCUT2D eigenvalue weighted by atomic mass is 10.3. The zero-order chi connectivity index (χ0) is 16.8. The number of nitrogens with one attached hydrogen (secondary N) is 2. The average molecular weight is 334 g/mol. The van der Waals surface area contributed by atoms with E-state index in [1.807, 2.05) is 0 Å². The zero-order valence-electron chi connectivity index (χ0n) is 12.4. The van der Waals surface area contributed by atoms with Crippen molar-refractivity contribution in [2.75, 3.05) is 19.5 Å². The number of methoxy groups -OCH3 is 2. The number of hydrogen-bond acceptors (Lipinski definition) is 6. The first-order valence-corrected chi connectivity index (χ1v) is 7.29. The van der Waals surface area contributed by atoms with Crippen LogP contribution in [0.5, 0.6) is 5.75 Å². The van der Waals surface area contributed by atoms with Crippen LogP contribution in [0.3, 0.4) is 0 Å². The molecule has 0 radical (unpaired) electrons. The molecule has 8 heteroatoms. The molecule has 0 aliphatic carbocycles. The van der Waals surface area contributed by atoms with Crippen LogP contribution in [0.1, 0.15) is 0 Å². The van der Waals surface area contributed by atoms with Gasteiger partial charge in [0, 0.05) is 12.2 Å². The number of anilines is 1. The minimum absolute atomic E-state index is 0.160. The molecule has 0 aliphatic heterocycles. The van der Waals surface area contributed by atoms with E-state index >= 15 is 0 Å². The zero-order valence-corrected chi connectivity index (χ0v) is 13.2. The maximum absolute atomic E-state index is 12.0. The number of rotatable bonds is 4. The summed E-state index contributed by atoms with van der Waals surface area (Å²) < 4.78 is 10.1. The lowest BCUT2D eigenvalue weighted by Crippen LogP contribution is -2.21. The Hall–Kier alpha value is -2.87. The number of thiazole rings is 1. The lowest BCUT2D eigenvalue weighted by molar-refractivity contribution is -0.133. The van der Waals surface area contributed by atoms with Gasteiger partial charge in [0.2, 0.25) is 0 Å². The fourth-order valence-electron chi connectivity index (χ4n) is 1.73. The van der Waals surface area contributed by atoms with Crippen molar-refractivity contribution in [3.63, 3.8) is 0 Å². The van der Waals surface area contributed by atoms with Crippen LogP contribution in [0.4, 0.5) is 5.69 Å². The Morgan fingerprint density at radius 1 is 1.22 bits per heavy atom. The highest BCUT2D eigenvalue weighted by molar-refractivity contribution is 7.07. The molecule has 2 N–H and O–H groups in total. The molecule has 0 bridgehead atoms. The van der Waals surface area contributed by atoms with Crippen LogP contribution < -0.4 is 24.8 Å². The number of esters is 1. The molecule has 1 amide bonds. The van der Waals surface area contributed by atoms with Crippen LogP contribution in [-0.2, 0) is 14.3 Å². The first kappa shape index (κ1) is 16.5. The van der Waals surface area contributed by atoms with Gasteiger partial charge in [-0.3, -0.25) is 9.59 Å². The summed E-state index contributed by atoms with van der Waals surface area (Å²) in [6.45, 7) is 0. The normalized spacial score (nSPS) is 12.1. The summed E-state index contributed by atoms with van der Waals surface area (Å²) in [5, 5.41) is 2.65. The predicted molar refractivity (Wildman–Crippen MR) is 86.8 cm³/mol. The number of benzene rings is 1. The second kappa shape index (κ2) is 7.41. The summed E-state index contributed by atoms with van der Waals surface area (Å²) in [4.78, 5) is 37.3. The van der Waals surface area contributed by atoms with Crippen molar-refractivity contribution in [3.8, 4) is 5.75 Å². The van der Waals surface area contributed by atoms with Crippen LogP contribution in [0.15, 0.2) is 29.1 Å². The number of aromatic amines is 1. The second-order valence-corrected chi connectivity index (χ2v) is 5.37. The molecule has 0 atom stereocenters. The second-order valence-electron chi connectivity index (χ2n) is 4.29. The molecule has 1 aromatic carbocycles. The van der Waals surface area contributed by atoms with Gasteiger partial charge in [-0.1, -0.05) is 12.1 Å². The van der Waals surface area contributed by atoms with Crippen molar-refractivity contribution in [3.05, 3.63) is 43.8 Å². The smallest absolute Gasteiger partial charge is 0.332 e. The molecule has 23 heavy (non-hydrogen) atoms. The molecule has 0 aliphatic rings. The number of hydrogen-bond donors (Lipinski definition) is 2. The monoisotopic (exact) mass is 334 g/mol. The molecule has 1 heterocycles. The van der Waals surface area contributed by atoms with Crippen LogP contribution >= 0.6 is 11.3 Å². The van der Waals surface area contributed by atoms with Crippen LogP contribution in [0.2, 0.25) is 0 Å². The molecule has 0 unspecified atom stereocenters. The maximum Gasteiger partial charge on any atom is 0.332 e. The number of amides is 1. The highest BCUT2D eigenvalue weighted by Gasteiger charge is 2.05. The Balaban J connectivity index is 2.27. The molecule has 120 valence electrons. The number of H-pyrrole nitrogens is 1. The van der Waals surface area contributed by atoms with E-state index in [2.05, 4.69) is 15.0 Å². The van der Waals surface area contributed by atoms with Crippen molar-refractivity contribution in [2.24, 2.45) is 0 Å². The van der Waals surface area contributed by atoms with E-state index in [0.717, 1.165) is 17.4 Å². The lowest BCUT2D eigenvalue weighted by Gasteiger charge is -2.07. The van der Waals surface area contributed by atoms with Gasteiger partial charge in [-0.05, 0) is 12.1 Å². The summed E-state index contributed by atoms with van der Waals surface area (Å²) >= 11 is 0.980. The Morgan fingerprint density at radius 2 is 1.96 bits per heavy atom. The highest BCUT2D eigenvalue weighted by atomic mass is 32.1. The van der Waals surface area contributed by atoms with Crippen LogP contribution in [-0.4, -0.2) is 31.1 Å². The third-order valence-corrected chi connectivity index (χ3v) is 3.72. The summed E-state index contributed by atoms with van der Waals surface area (Å²) in [7, 11) is 2.72. The van der Waals surface area contributed by atoms with Crippen molar-refractivity contribution >= 4 is 41.1 Å². The summed E-state index contributed by atoms with van der Waals surface area (Å²) in [6.07, 6.45) is 2.30. The van der Waals surface area contributed by atoms with Crippen molar-refractivity contribution in [2.45, 2.75) is 0 Å². The van der Waals surface area contributed by atoms with Gasteiger partial charge in [-0.2, -0.15) is 0 Å². The van der Waals surface area contributed by atoms with E-state index in [-0.39, 0.29) is 4.53 Å². The van der Waals surface area contributed by atoms with Crippen LogP contribution in [0.25, 0.3) is 12.2 Å². The van der Waals surface area contributed by atoms with E-state index in [1.165, 1.54) is 20.3 Å². The van der Waals surface area contributed by atoms with E-state index in [4.69, 9.17) is 4.74 Å². The summed E-state index contributed by atoms with van der Waals surface area (Å²) in [5.74, 6) is -0.548. The summed E-state index contributed by atoms with van der Waals surface area (Å²) in [5.41, 5.74) is 0.0493. The van der Waals surface area contributed by atoms with E-state index < -0.39 is 17.4 Å². The van der Waals surface area contributed by atoms with Gasteiger partial charge in [0.1, 0.15) is 14.9 Å². The van der Waals surface area contributed by atoms with Gasteiger partial charge in [0.05, 0.1) is 19.9 Å². The number of para-hydroxylation sites is 2. The van der Waals surface area contributed by atoms with Gasteiger partial charge in [0.15, 0.2) is 0 Å². The molecule has 2 rings (SSSR count). The Morgan fingerprint density at radius 3 is 2.65 bits per heavy atom. The van der Waals surface area contributed by atoms with Crippen molar-refractivity contribution in [1.29, 1.82) is 0 Å². The molecule has 0 saturated heterocycles. The molecular weight excluding hydrogens is 320 g/mol. The van der Waals surface area contributed by atoms with Crippen molar-refractivity contribution < 1.29 is 19.1 Å². The van der Waals surface area contributed by atoms with Crippen LogP contribution in [0, 0.1) is 0 Å². The summed E-state index contributed by atoms with van der Waals surface area (Å²) in [6, 6.07) is 6.95. The molecule has 0 spiro atoms. The quantitative estimate of drug-likeness (QED) is 0.756. The molecular formula is C15H14N2O5S. The third-order valence-electron chi connectivity index (χ3n) is 2.76. The predicted octanol–water partition coefficient (Wildman–Crippen LogP) is -0.182. The number of aromatic nitrogens is 1. The van der Waals surface area contributed by atoms with E-state index in [9.17, 15) is 14.4 Å². The SMILES string of the molecule is COC(=O)/C=c1\s/c(=C\C(=O)Nc2ccccc2OC)[nH]c1=O. The largest absolute Gasteiger partial charge is 0.495 e. The fourth-order valence-corrected chi connectivity index (χ4v) is 2.57. The fraction of sp³-hybridized carbons (Fsp3) is 0.133. The Kier molecular flexibility index (Phi) is 5.32. The van der Waals surface area contributed by atoms with E-state index in [1.54, 1.807) is 24.3 Å². The average Bonchev–Trinajstić information content (AvgIpc) is 2.86. The minimum Gasteiger partial charge on any atom is -0.495 e.